The molecule has 44 heavy (non-hydrogen) atoms. The van der Waals surface area contributed by atoms with Crippen LogP contribution in [-0.4, -0.2) is 73.9 Å². The van der Waals surface area contributed by atoms with Gasteiger partial charge in [0.2, 0.25) is 0 Å². The maximum Gasteiger partial charge on any atom is 0.418 e. The number of hydrogen-bond acceptors (Lipinski definition) is 8. The average molecular weight is 976 g/mol. The van der Waals surface area contributed by atoms with Crippen LogP contribution in [0.5, 0.6) is 6.01 Å². The van der Waals surface area contributed by atoms with Gasteiger partial charge in [-0.2, -0.15) is 29.6 Å². The molecule has 1 aromatic carbocycles. The number of nitrogens with two attached hydrogens (primary N) is 1. The molecule has 1 saturated carbocycles. The van der Waals surface area contributed by atoms with Gasteiger partial charge in [-0.25, -0.2) is 19.8 Å². The Hall–Kier alpha value is -1.25. The van der Waals surface area contributed by atoms with Crippen molar-refractivity contribution in [2.24, 2.45) is 5.92 Å². The quantitative estimate of drug-likeness (QED) is 0.138. The zero-order valence-corrected chi connectivity index (χ0v) is 30.5. The topological polar surface area (TPSA) is 101 Å². The van der Waals surface area contributed by atoms with E-state index >= 15 is 4.39 Å². The summed E-state index contributed by atoms with van der Waals surface area (Å²) in [6, 6.07) is 3.06. The molecule has 0 spiro atoms. The molecule has 1 aliphatic carbocycles. The molecule has 3 saturated heterocycles. The Labute approximate surface area is 292 Å². The molecule has 0 amide bonds. The van der Waals surface area contributed by atoms with Gasteiger partial charge in [0.15, 0.2) is 5.82 Å². The van der Waals surface area contributed by atoms with Crippen LogP contribution in [-0.2, 0) is 10.9 Å². The predicted molar refractivity (Wildman–Crippen MR) is 160 cm³/mol. The van der Waals surface area contributed by atoms with Gasteiger partial charge in [-0.05, 0) is 37.7 Å². The first-order valence-electron chi connectivity index (χ1n) is 13.8. The number of hydrogen-bond donors (Lipinski definition) is 2. The third-order valence-electron chi connectivity index (χ3n) is 8.28. The Kier molecular flexibility index (Phi) is 10.2. The van der Waals surface area contributed by atoms with Gasteiger partial charge in [-0.15, -0.1) is 6.42 Å². The number of pyridine rings is 1. The number of aromatic nitrogens is 3. The molecule has 7 rings (SSSR count). The Balaban J connectivity index is 0.000000327. The number of aryl methyl sites for hydroxylation is 1. The normalized spacial score (nSPS) is 25.1. The van der Waals surface area contributed by atoms with Gasteiger partial charge in [0.25, 0.3) is 0 Å². The van der Waals surface area contributed by atoms with Crippen molar-refractivity contribution in [3.05, 3.63) is 40.1 Å². The van der Waals surface area contributed by atoms with Crippen LogP contribution < -0.4 is 10.6 Å². The SMILES string of the molecule is Cc1cc(N)nc(-c2c(Cl)cc3c(N4CCOC[C@H]5[C@H](I)[C@H]54)nc(O)nc3c2F)c1C(F)(F)F.F[C@@H]1C[C-]2CCCN2C1.[U]. The second-order valence-electron chi connectivity index (χ2n) is 11.2. The summed E-state index contributed by atoms with van der Waals surface area (Å²) < 4.78 is 75.9. The molecule has 16 heteroatoms. The number of anilines is 2. The first kappa shape index (κ1) is 34.1. The number of rotatable bonds is 2. The Morgan fingerprint density at radius 2 is 1.95 bits per heavy atom. The van der Waals surface area contributed by atoms with Crippen molar-refractivity contribution in [3.8, 4) is 17.3 Å². The van der Waals surface area contributed by atoms with E-state index in [-0.39, 0.29) is 80.1 Å². The summed E-state index contributed by atoms with van der Waals surface area (Å²) in [5.74, 6) is -0.903. The molecule has 236 valence electrons. The van der Waals surface area contributed by atoms with E-state index in [1.165, 1.54) is 25.5 Å². The summed E-state index contributed by atoms with van der Waals surface area (Å²) in [5, 5.41) is 10.1. The first-order chi connectivity index (χ1) is 20.3. The number of nitrogens with zero attached hydrogens (tertiary/aromatic N) is 5. The van der Waals surface area contributed by atoms with Crippen LogP contribution >= 0.6 is 34.2 Å². The van der Waals surface area contributed by atoms with E-state index in [4.69, 9.17) is 22.1 Å². The molecule has 0 radical (unpaired) electrons. The Morgan fingerprint density at radius 1 is 1.20 bits per heavy atom. The van der Waals surface area contributed by atoms with E-state index in [0.717, 1.165) is 25.5 Å². The third kappa shape index (κ3) is 6.47. The molecule has 0 bridgehead atoms. The van der Waals surface area contributed by atoms with Gasteiger partial charge < -0.3 is 25.4 Å². The molecule has 0 unspecified atom stereocenters. The van der Waals surface area contributed by atoms with E-state index in [1.54, 1.807) is 0 Å². The van der Waals surface area contributed by atoms with Crippen molar-refractivity contribution in [1.82, 2.24) is 19.9 Å². The van der Waals surface area contributed by atoms with Crippen molar-refractivity contribution in [3.63, 3.8) is 0 Å². The van der Waals surface area contributed by atoms with Crippen LogP contribution in [0.15, 0.2) is 12.1 Å². The summed E-state index contributed by atoms with van der Waals surface area (Å²) in [7, 11) is 0. The van der Waals surface area contributed by atoms with Crippen molar-refractivity contribution in [2.45, 2.75) is 48.5 Å². The number of alkyl halides is 5. The zero-order chi connectivity index (χ0) is 30.8. The molecule has 5 heterocycles. The number of fused-ring (bicyclic) bond motifs is 3. The summed E-state index contributed by atoms with van der Waals surface area (Å²) in [6.45, 7) is 4.39. The summed E-state index contributed by atoms with van der Waals surface area (Å²) in [4.78, 5) is 15.8. The number of ether oxygens (including phenoxy) is 1. The minimum Gasteiger partial charge on any atom is -0.479 e. The van der Waals surface area contributed by atoms with Gasteiger partial charge in [0.05, 0.1) is 41.2 Å². The van der Waals surface area contributed by atoms with E-state index < -0.39 is 41.0 Å². The van der Waals surface area contributed by atoms with Crippen LogP contribution in [0.4, 0.5) is 33.6 Å². The maximum atomic E-state index is 15.9. The zero-order valence-electron chi connectivity index (χ0n) is 23.4. The number of halogens is 7. The van der Waals surface area contributed by atoms with Crippen molar-refractivity contribution < 1.29 is 62.9 Å². The molecule has 4 atom stereocenters. The number of nitrogen functional groups attached to an aromatic ring is 1. The van der Waals surface area contributed by atoms with E-state index in [1.807, 2.05) is 4.90 Å². The fourth-order valence-corrected chi connectivity index (χ4v) is 7.93. The summed E-state index contributed by atoms with van der Waals surface area (Å²) in [6.07, 6.45) is -2.27. The monoisotopic (exact) mass is 975 g/mol. The van der Waals surface area contributed by atoms with Crippen LogP contribution in [0, 0.1) is 55.8 Å². The predicted octanol–water partition coefficient (Wildman–Crippen LogP) is 6.09. The molecular formula is C28H28ClF5IN6O2U-. The Morgan fingerprint density at radius 3 is 2.66 bits per heavy atom. The third-order valence-corrected chi connectivity index (χ3v) is 10.2. The van der Waals surface area contributed by atoms with Crippen LogP contribution in [0.25, 0.3) is 22.2 Å². The number of benzene rings is 1. The molecule has 3 aromatic rings. The van der Waals surface area contributed by atoms with Gasteiger partial charge >= 0.3 is 12.2 Å². The fourth-order valence-electron chi connectivity index (χ4n) is 6.33. The van der Waals surface area contributed by atoms with Crippen LogP contribution in [0.2, 0.25) is 5.02 Å². The number of aromatic hydroxyl groups is 1. The van der Waals surface area contributed by atoms with Crippen LogP contribution in [0.3, 0.4) is 0 Å². The molecule has 4 aliphatic rings. The van der Waals surface area contributed by atoms with Crippen molar-refractivity contribution in [2.75, 3.05) is 43.5 Å². The first-order valence-corrected chi connectivity index (χ1v) is 15.4. The molecule has 2 aromatic heterocycles. The molecule has 3 N–H and O–H groups in total. The minimum atomic E-state index is -4.84. The smallest absolute Gasteiger partial charge is 0.418 e. The standard InChI is InChI=1S/C21H17ClF4IN5O2.C7H11FN.U/c1-7-4-11(28)29-17(13(7)21(24,25)26)12-10(22)5-8-16(14(12)23)30-20(33)31-19(8)32-2-3-34-6-9-15(27)18(9)32;8-6-4-7-2-1-3-9(7)5-6;/h4-5,9,15,18H,2-3,6H2,1H3,(H2,28,29)(H,30,31,33);6H,1-5H2;/q;-1;/t9-,15-,18-;6-;/m01./s1. The van der Waals surface area contributed by atoms with Crippen LogP contribution in [0.1, 0.15) is 30.4 Å². The van der Waals surface area contributed by atoms with Gasteiger partial charge in [0, 0.05) is 58.9 Å². The van der Waals surface area contributed by atoms with Crippen molar-refractivity contribution in [1.29, 1.82) is 0 Å². The van der Waals surface area contributed by atoms with Crippen molar-refractivity contribution >= 4 is 56.7 Å². The van der Waals surface area contributed by atoms with E-state index in [9.17, 15) is 22.7 Å². The average Bonchev–Trinajstić information content (AvgIpc) is 3.21. The maximum absolute atomic E-state index is 15.9. The summed E-state index contributed by atoms with van der Waals surface area (Å²) >= 11 is 8.68. The second-order valence-corrected chi connectivity index (χ2v) is 13.0. The van der Waals surface area contributed by atoms with Gasteiger partial charge in [-0.3, -0.25) is 0 Å². The second kappa shape index (κ2) is 13.1. The van der Waals surface area contributed by atoms with E-state index in [0.29, 0.717) is 26.3 Å². The van der Waals surface area contributed by atoms with Gasteiger partial charge in [-0.1, -0.05) is 40.6 Å². The largest absolute Gasteiger partial charge is 0.479 e. The molecule has 4 fully saturated rings. The Bertz CT molecular complexity index is 1560. The molecule has 8 nitrogen and oxygen atoms in total. The molecular weight excluding hydrogens is 948 g/mol. The summed E-state index contributed by atoms with van der Waals surface area (Å²) in [5.41, 5.74) is 2.59. The molecule has 3 aliphatic heterocycles. The van der Waals surface area contributed by atoms with Gasteiger partial charge in [0.1, 0.15) is 17.2 Å². The fraction of sp³-hybridized carbons (Fsp3) is 0.500. The minimum absolute atomic E-state index is 0. The van der Waals surface area contributed by atoms with E-state index in [2.05, 4.69) is 42.4 Å².